The van der Waals surface area contributed by atoms with Gasteiger partial charge in [-0.25, -0.2) is 22.8 Å². The minimum Gasteiger partial charge on any atom is -0.394 e. The molecule has 2 aromatic heterocycles. The van der Waals surface area contributed by atoms with Crippen molar-refractivity contribution in [2.75, 3.05) is 13.2 Å². The van der Waals surface area contributed by atoms with Crippen LogP contribution in [0, 0.1) is 5.82 Å². The van der Waals surface area contributed by atoms with E-state index in [1.165, 1.54) is 18.5 Å². The number of ketones is 1. The molecule has 1 fully saturated rings. The van der Waals surface area contributed by atoms with Gasteiger partial charge in [0.05, 0.1) is 17.2 Å². The van der Waals surface area contributed by atoms with Crippen LogP contribution < -0.4 is 0 Å². The second-order valence-corrected chi connectivity index (χ2v) is 10.4. The van der Waals surface area contributed by atoms with E-state index < -0.39 is 45.6 Å². The normalized spacial score (nSPS) is 18.7. The number of aliphatic hydroxyl groups is 1. The maximum atomic E-state index is 13.3. The number of hydrogen-bond acceptors (Lipinski definition) is 7. The molecule has 0 aliphatic carbocycles. The van der Waals surface area contributed by atoms with Crippen molar-refractivity contribution >= 4 is 15.8 Å². The highest BCUT2D eigenvalue weighted by Crippen LogP contribution is 2.36. The quantitative estimate of drug-likeness (QED) is 0.438. The number of nitrogens with zero attached hydrogens (tertiary/aromatic N) is 4. The van der Waals surface area contributed by atoms with Crippen molar-refractivity contribution in [3.05, 3.63) is 72.2 Å². The monoisotopic (exact) mass is 538 g/mol. The fraction of sp³-hybridized carbons (Fsp3) is 0.333. The number of aliphatic hydroxyl groups excluding tert-OH is 1. The van der Waals surface area contributed by atoms with Gasteiger partial charge in [0, 0.05) is 30.4 Å². The van der Waals surface area contributed by atoms with Crippen LogP contribution in [0.25, 0.3) is 11.3 Å². The summed E-state index contributed by atoms with van der Waals surface area (Å²) in [6, 6.07) is 7.79. The SMILES string of the molecule is O=C(CCc1cc(-c2ccc(C(F)(F)F)nc2)ncn1)[C@]1(CO)CCCN1S(=O)(=O)c1ccc(F)cc1. The number of halogens is 4. The number of carbonyl (C=O) groups is 1. The molecule has 3 aromatic rings. The molecule has 196 valence electrons. The van der Waals surface area contributed by atoms with Crippen LogP contribution in [0.2, 0.25) is 0 Å². The Morgan fingerprint density at radius 2 is 1.81 bits per heavy atom. The Kier molecular flexibility index (Phi) is 7.40. The highest BCUT2D eigenvalue weighted by atomic mass is 32.2. The molecule has 13 heteroatoms. The fourth-order valence-electron chi connectivity index (χ4n) is 4.34. The first-order valence-corrected chi connectivity index (χ1v) is 12.7. The van der Waals surface area contributed by atoms with Gasteiger partial charge in [-0.05, 0) is 61.7 Å². The second-order valence-electron chi connectivity index (χ2n) is 8.57. The number of rotatable bonds is 8. The summed E-state index contributed by atoms with van der Waals surface area (Å²) in [7, 11) is -4.19. The number of pyridine rings is 1. The van der Waals surface area contributed by atoms with Crippen molar-refractivity contribution in [2.24, 2.45) is 0 Å². The highest BCUT2D eigenvalue weighted by molar-refractivity contribution is 7.89. The molecule has 4 rings (SSSR count). The Balaban J connectivity index is 1.52. The minimum absolute atomic E-state index is 0.0184. The van der Waals surface area contributed by atoms with Gasteiger partial charge in [0.15, 0.2) is 5.78 Å². The fourth-order valence-corrected chi connectivity index (χ4v) is 6.16. The molecular weight excluding hydrogens is 516 g/mol. The summed E-state index contributed by atoms with van der Waals surface area (Å²) in [5.74, 6) is -1.12. The lowest BCUT2D eigenvalue weighted by molar-refractivity contribution is -0.141. The summed E-state index contributed by atoms with van der Waals surface area (Å²) < 4.78 is 79.1. The van der Waals surface area contributed by atoms with Crippen LogP contribution in [0.3, 0.4) is 0 Å². The van der Waals surface area contributed by atoms with Gasteiger partial charge in [0.1, 0.15) is 23.4 Å². The number of sulfonamides is 1. The van der Waals surface area contributed by atoms with Crippen LogP contribution >= 0.6 is 0 Å². The highest BCUT2D eigenvalue weighted by Gasteiger charge is 2.52. The summed E-state index contributed by atoms with van der Waals surface area (Å²) >= 11 is 0. The molecule has 1 aliphatic rings. The third kappa shape index (κ3) is 5.38. The van der Waals surface area contributed by atoms with Gasteiger partial charge in [-0.1, -0.05) is 0 Å². The standard InChI is InChI=1S/C24H22F4N4O4S/c25-17-3-6-19(7-4-17)37(35,36)32-11-1-10-23(32,14-33)22(34)9-5-18-12-20(31-15-30-18)16-2-8-21(29-13-16)24(26,27)28/h2-4,6-8,12-13,15,33H,1,5,9-11,14H2/t23-/m1/s1. The zero-order valence-corrected chi connectivity index (χ0v) is 20.1. The molecule has 1 saturated heterocycles. The summed E-state index contributed by atoms with van der Waals surface area (Å²) in [6.07, 6.45) is -1.93. The molecule has 0 bridgehead atoms. The topological polar surface area (TPSA) is 113 Å². The van der Waals surface area contributed by atoms with Gasteiger partial charge >= 0.3 is 6.18 Å². The van der Waals surface area contributed by atoms with E-state index >= 15 is 0 Å². The van der Waals surface area contributed by atoms with Gasteiger partial charge in [-0.2, -0.15) is 17.5 Å². The van der Waals surface area contributed by atoms with E-state index in [4.69, 9.17) is 0 Å². The number of benzene rings is 1. The second kappa shape index (κ2) is 10.2. The van der Waals surface area contributed by atoms with Crippen molar-refractivity contribution in [2.45, 2.75) is 42.3 Å². The Morgan fingerprint density at radius 3 is 2.43 bits per heavy atom. The van der Waals surface area contributed by atoms with E-state index in [1.807, 2.05) is 0 Å². The van der Waals surface area contributed by atoms with Gasteiger partial charge in [-0.3, -0.25) is 9.78 Å². The Hall–Kier alpha value is -3.29. The summed E-state index contributed by atoms with van der Waals surface area (Å²) in [5, 5.41) is 10.2. The first-order valence-electron chi connectivity index (χ1n) is 11.2. The molecule has 1 aromatic carbocycles. The number of aryl methyl sites for hydroxylation is 1. The predicted molar refractivity (Wildman–Crippen MR) is 123 cm³/mol. The third-order valence-corrected chi connectivity index (χ3v) is 8.27. The first kappa shape index (κ1) is 26.8. The van der Waals surface area contributed by atoms with E-state index in [2.05, 4.69) is 15.0 Å². The number of hydrogen-bond donors (Lipinski definition) is 1. The molecule has 37 heavy (non-hydrogen) atoms. The van der Waals surface area contributed by atoms with Crippen LogP contribution in [0.5, 0.6) is 0 Å². The number of aromatic nitrogens is 3. The van der Waals surface area contributed by atoms with Crippen molar-refractivity contribution in [3.63, 3.8) is 0 Å². The van der Waals surface area contributed by atoms with Crippen LogP contribution in [0.1, 0.15) is 30.7 Å². The minimum atomic E-state index is -4.57. The Bertz CT molecular complexity index is 1380. The average Bonchev–Trinajstić information content (AvgIpc) is 3.34. The molecule has 3 heterocycles. The molecule has 0 unspecified atom stereocenters. The summed E-state index contributed by atoms with van der Waals surface area (Å²) in [4.78, 5) is 24.7. The zero-order valence-electron chi connectivity index (χ0n) is 19.3. The lowest BCUT2D eigenvalue weighted by Gasteiger charge is -2.34. The third-order valence-electron chi connectivity index (χ3n) is 6.29. The molecule has 0 spiro atoms. The maximum Gasteiger partial charge on any atom is 0.433 e. The number of alkyl halides is 3. The van der Waals surface area contributed by atoms with E-state index in [0.717, 1.165) is 40.8 Å². The van der Waals surface area contributed by atoms with Gasteiger partial charge in [0.2, 0.25) is 10.0 Å². The molecule has 1 atom stereocenters. The molecule has 1 N–H and O–H groups in total. The van der Waals surface area contributed by atoms with Crippen LogP contribution in [0.4, 0.5) is 17.6 Å². The molecule has 8 nitrogen and oxygen atoms in total. The number of Topliss-reactive ketones (excluding diaryl/α,β-unsaturated/α-hetero) is 1. The Morgan fingerprint density at radius 1 is 1.08 bits per heavy atom. The molecule has 0 radical (unpaired) electrons. The predicted octanol–water partition coefficient (Wildman–Crippen LogP) is 3.41. The van der Waals surface area contributed by atoms with Crippen molar-refractivity contribution in [1.29, 1.82) is 0 Å². The van der Waals surface area contributed by atoms with Crippen LogP contribution in [0.15, 0.2) is 59.9 Å². The van der Waals surface area contributed by atoms with Crippen LogP contribution in [-0.2, 0) is 27.4 Å². The molecule has 0 amide bonds. The largest absolute Gasteiger partial charge is 0.433 e. The van der Waals surface area contributed by atoms with E-state index in [9.17, 15) is 35.9 Å². The Labute approximate surface area is 210 Å². The maximum absolute atomic E-state index is 13.3. The average molecular weight is 539 g/mol. The van der Waals surface area contributed by atoms with Gasteiger partial charge in [-0.15, -0.1) is 0 Å². The van der Waals surface area contributed by atoms with Crippen molar-refractivity contribution in [3.8, 4) is 11.3 Å². The first-order chi connectivity index (χ1) is 17.5. The summed E-state index contributed by atoms with van der Waals surface area (Å²) in [6.45, 7) is -0.705. The number of carbonyl (C=O) groups excluding carboxylic acids is 1. The molecule has 1 aliphatic heterocycles. The van der Waals surface area contributed by atoms with Gasteiger partial charge in [0.25, 0.3) is 0 Å². The summed E-state index contributed by atoms with van der Waals surface area (Å²) in [5.41, 5.74) is -1.68. The smallest absolute Gasteiger partial charge is 0.394 e. The van der Waals surface area contributed by atoms with Gasteiger partial charge < -0.3 is 5.11 Å². The van der Waals surface area contributed by atoms with E-state index in [0.29, 0.717) is 23.4 Å². The zero-order chi connectivity index (χ0) is 26.8. The van der Waals surface area contributed by atoms with Crippen molar-refractivity contribution in [1.82, 2.24) is 19.3 Å². The van der Waals surface area contributed by atoms with E-state index in [-0.39, 0.29) is 30.7 Å². The van der Waals surface area contributed by atoms with Crippen molar-refractivity contribution < 1.29 is 35.9 Å². The van der Waals surface area contributed by atoms with Crippen LogP contribution in [-0.4, -0.2) is 57.3 Å². The molecule has 0 saturated carbocycles. The van der Waals surface area contributed by atoms with E-state index in [1.54, 1.807) is 0 Å². The lowest BCUT2D eigenvalue weighted by Crippen LogP contribution is -2.55. The molecular formula is C24H22F4N4O4S. The lowest BCUT2D eigenvalue weighted by atomic mass is 9.90.